The molecule has 0 unspecified atom stereocenters. The molecule has 3 atom stereocenters. The van der Waals surface area contributed by atoms with Gasteiger partial charge in [0.05, 0.1) is 22.1 Å². The molecular weight excluding hydrogens is 467 g/mol. The lowest BCUT2D eigenvalue weighted by Crippen LogP contribution is -2.27. The van der Waals surface area contributed by atoms with Crippen LogP contribution >= 0.6 is 11.6 Å². The van der Waals surface area contributed by atoms with Crippen LogP contribution in [0, 0.1) is 12.7 Å². The molecule has 1 aliphatic carbocycles. The molecule has 1 saturated heterocycles. The van der Waals surface area contributed by atoms with E-state index in [4.69, 9.17) is 26.8 Å². The summed E-state index contributed by atoms with van der Waals surface area (Å²) >= 11 is 6.03. The number of benzene rings is 1. The van der Waals surface area contributed by atoms with E-state index in [2.05, 4.69) is 32.9 Å². The van der Waals surface area contributed by atoms with Crippen molar-refractivity contribution in [1.29, 1.82) is 0 Å². The maximum atomic E-state index is 14.8. The number of ether oxygens (including phenoxy) is 2. The highest BCUT2D eigenvalue weighted by atomic mass is 35.5. The maximum Gasteiger partial charge on any atom is 0.164 e. The van der Waals surface area contributed by atoms with Gasteiger partial charge in [-0.3, -0.25) is 4.98 Å². The highest BCUT2D eigenvalue weighted by Crippen LogP contribution is 2.45. The Hall–Kier alpha value is -3.00. The third kappa shape index (κ3) is 3.78. The van der Waals surface area contributed by atoms with Crippen LogP contribution in [-0.4, -0.2) is 32.5 Å². The van der Waals surface area contributed by atoms with E-state index in [1.54, 1.807) is 6.07 Å². The van der Waals surface area contributed by atoms with Crippen molar-refractivity contribution < 1.29 is 13.9 Å². The average molecular weight is 493 g/mol. The van der Waals surface area contributed by atoms with Gasteiger partial charge in [0.25, 0.3) is 0 Å². The van der Waals surface area contributed by atoms with Crippen LogP contribution in [0.2, 0.25) is 5.02 Å². The zero-order valence-corrected chi connectivity index (χ0v) is 20.5. The quantitative estimate of drug-likeness (QED) is 0.359. The van der Waals surface area contributed by atoms with E-state index in [-0.39, 0.29) is 34.9 Å². The fourth-order valence-corrected chi connectivity index (χ4v) is 5.55. The molecule has 35 heavy (non-hydrogen) atoms. The van der Waals surface area contributed by atoms with Crippen LogP contribution in [0.5, 0.6) is 0 Å². The molecule has 3 aromatic heterocycles. The predicted octanol–water partition coefficient (Wildman–Crippen LogP) is 5.90. The second kappa shape index (κ2) is 8.01. The molecule has 1 aliphatic heterocycles. The van der Waals surface area contributed by atoms with Crippen LogP contribution in [-0.2, 0) is 15.9 Å². The molecule has 8 heteroatoms. The summed E-state index contributed by atoms with van der Waals surface area (Å²) in [6, 6.07) is 9.08. The lowest BCUT2D eigenvalue weighted by Gasteiger charge is -2.22. The Bertz CT molecular complexity index is 1510. The number of pyridine rings is 2. The molecule has 0 amide bonds. The van der Waals surface area contributed by atoms with Gasteiger partial charge in [-0.1, -0.05) is 17.7 Å². The second-order valence-electron chi connectivity index (χ2n) is 9.80. The fraction of sp³-hybridized carbons (Fsp3) is 0.333. The molecule has 1 fully saturated rings. The number of halogens is 2. The summed E-state index contributed by atoms with van der Waals surface area (Å²) in [5.41, 5.74) is 10.5. The Morgan fingerprint density at radius 1 is 1.14 bits per heavy atom. The molecular formula is C27H26ClFN4O2. The third-order valence-electron chi connectivity index (χ3n) is 7.01. The van der Waals surface area contributed by atoms with Crippen molar-refractivity contribution in [3.8, 4) is 0 Å². The largest absolute Gasteiger partial charge is 0.382 e. The van der Waals surface area contributed by atoms with Gasteiger partial charge in [0.1, 0.15) is 23.8 Å². The van der Waals surface area contributed by atoms with Crippen LogP contribution in [0.4, 0.5) is 10.2 Å². The highest BCUT2D eigenvalue weighted by Gasteiger charge is 2.50. The fourth-order valence-electron chi connectivity index (χ4n) is 5.40. The van der Waals surface area contributed by atoms with E-state index in [9.17, 15) is 4.39 Å². The van der Waals surface area contributed by atoms with Gasteiger partial charge in [-0.05, 0) is 75.1 Å². The summed E-state index contributed by atoms with van der Waals surface area (Å²) in [7, 11) is 0. The number of hydrogen-bond acceptors (Lipinski definition) is 5. The van der Waals surface area contributed by atoms with Gasteiger partial charge in [-0.2, -0.15) is 0 Å². The molecule has 6 rings (SSSR count). The van der Waals surface area contributed by atoms with Crippen molar-refractivity contribution >= 4 is 39.2 Å². The molecule has 4 aromatic rings. The van der Waals surface area contributed by atoms with E-state index < -0.39 is 5.79 Å². The second-order valence-corrected chi connectivity index (χ2v) is 10.2. The summed E-state index contributed by atoms with van der Waals surface area (Å²) in [6.07, 6.45) is 7.23. The van der Waals surface area contributed by atoms with Crippen molar-refractivity contribution in [3.05, 3.63) is 76.5 Å². The number of hydrogen-bond donors (Lipinski definition) is 1. The number of nitrogens with two attached hydrogens (primary N) is 1. The third-order valence-corrected chi connectivity index (χ3v) is 7.31. The van der Waals surface area contributed by atoms with Crippen LogP contribution in [0.25, 0.3) is 21.8 Å². The Balaban J connectivity index is 1.33. The normalized spacial score (nSPS) is 23.2. The predicted molar refractivity (Wildman–Crippen MR) is 135 cm³/mol. The molecule has 180 valence electrons. The van der Waals surface area contributed by atoms with Crippen LogP contribution < -0.4 is 5.73 Å². The SMILES string of the molecule is Cc1nccc2c1ccn2[C@@H]1C=C(CCc2cc(F)c3cc(Cl)c(N)nc3c2)[C@H]2OC(C)(C)O[C@H]21. The van der Waals surface area contributed by atoms with Crippen molar-refractivity contribution in [2.75, 3.05) is 5.73 Å². The molecule has 2 aliphatic rings. The van der Waals surface area contributed by atoms with Crippen molar-refractivity contribution in [3.63, 3.8) is 0 Å². The molecule has 4 heterocycles. The molecule has 0 radical (unpaired) electrons. The van der Waals surface area contributed by atoms with Crippen molar-refractivity contribution in [1.82, 2.24) is 14.5 Å². The first-order valence-electron chi connectivity index (χ1n) is 11.7. The van der Waals surface area contributed by atoms with E-state index in [1.807, 2.05) is 39.1 Å². The first kappa shape index (κ1) is 22.5. The Morgan fingerprint density at radius 3 is 2.80 bits per heavy atom. The summed E-state index contributed by atoms with van der Waals surface area (Å²) in [6.45, 7) is 5.91. The van der Waals surface area contributed by atoms with Gasteiger partial charge >= 0.3 is 0 Å². The lowest BCUT2D eigenvalue weighted by atomic mass is 10.0. The van der Waals surface area contributed by atoms with E-state index in [0.29, 0.717) is 23.7 Å². The molecule has 0 spiro atoms. The van der Waals surface area contributed by atoms with Crippen molar-refractivity contribution in [2.24, 2.45) is 0 Å². The Kier molecular flexibility index (Phi) is 5.14. The van der Waals surface area contributed by atoms with Crippen molar-refractivity contribution in [2.45, 2.75) is 57.6 Å². The van der Waals surface area contributed by atoms with Crippen LogP contribution in [0.15, 0.2) is 54.4 Å². The Labute approximate surface area is 207 Å². The van der Waals surface area contributed by atoms with Crippen LogP contribution in [0.3, 0.4) is 0 Å². The molecule has 0 bridgehead atoms. The number of nitrogens with zero attached hydrogens (tertiary/aromatic N) is 3. The smallest absolute Gasteiger partial charge is 0.164 e. The summed E-state index contributed by atoms with van der Waals surface area (Å²) in [5.74, 6) is -0.834. The van der Waals surface area contributed by atoms with Crippen LogP contribution in [0.1, 0.15) is 37.6 Å². The lowest BCUT2D eigenvalue weighted by molar-refractivity contribution is -0.147. The van der Waals surface area contributed by atoms with Gasteiger partial charge in [0, 0.05) is 28.9 Å². The minimum atomic E-state index is -0.677. The van der Waals surface area contributed by atoms with Gasteiger partial charge in [-0.15, -0.1) is 0 Å². The number of rotatable bonds is 4. The number of aryl methyl sites for hydroxylation is 2. The molecule has 6 nitrogen and oxygen atoms in total. The molecule has 1 aromatic carbocycles. The Morgan fingerprint density at radius 2 is 1.97 bits per heavy atom. The maximum absolute atomic E-state index is 14.8. The zero-order valence-electron chi connectivity index (χ0n) is 19.8. The van der Waals surface area contributed by atoms with E-state index >= 15 is 0 Å². The molecule has 2 N–H and O–H groups in total. The standard InChI is InChI=1S/C27H26ClFN4O2/c1-14-17-7-9-33(22(17)6-8-31-14)23-12-16(24-25(23)35-27(2,3)34-24)5-4-15-10-20(29)18-13-19(28)26(30)32-21(18)11-15/h6-13,23-25H,4-5H2,1-3H3,(H2,30,32)/t23-,24-,25+/m1/s1. The summed E-state index contributed by atoms with van der Waals surface area (Å²) in [5, 5.41) is 1.75. The van der Waals surface area contributed by atoms with Gasteiger partial charge in [-0.25, -0.2) is 9.37 Å². The minimum Gasteiger partial charge on any atom is -0.382 e. The minimum absolute atomic E-state index is 0.00646. The topological polar surface area (TPSA) is 75.2 Å². The number of anilines is 1. The number of nitrogen functional groups attached to an aromatic ring is 1. The molecule has 0 saturated carbocycles. The number of fused-ring (bicyclic) bond motifs is 3. The zero-order chi connectivity index (χ0) is 24.5. The first-order chi connectivity index (χ1) is 16.7. The number of aromatic nitrogens is 3. The van der Waals surface area contributed by atoms with Gasteiger partial charge in [0.15, 0.2) is 5.79 Å². The van der Waals surface area contributed by atoms with Gasteiger partial charge in [0.2, 0.25) is 0 Å². The summed E-state index contributed by atoms with van der Waals surface area (Å²) < 4.78 is 29.7. The van der Waals surface area contributed by atoms with Gasteiger partial charge < -0.3 is 19.8 Å². The average Bonchev–Trinajstić information content (AvgIpc) is 3.45. The highest BCUT2D eigenvalue weighted by molar-refractivity contribution is 6.33. The van der Waals surface area contributed by atoms with E-state index in [0.717, 1.165) is 27.7 Å². The van der Waals surface area contributed by atoms with E-state index in [1.165, 1.54) is 6.07 Å². The summed E-state index contributed by atoms with van der Waals surface area (Å²) in [4.78, 5) is 8.69. The first-order valence-corrected chi connectivity index (χ1v) is 12.1. The monoisotopic (exact) mass is 492 g/mol.